The second kappa shape index (κ2) is 10.6. The maximum atomic E-state index is 13.7. The van der Waals surface area contributed by atoms with Gasteiger partial charge < -0.3 is 30.7 Å². The van der Waals surface area contributed by atoms with Crippen LogP contribution in [0.4, 0.5) is 13.6 Å². The van der Waals surface area contributed by atoms with Crippen molar-refractivity contribution in [1.29, 1.82) is 0 Å². The molecule has 0 aromatic heterocycles. The molecule has 38 heavy (non-hydrogen) atoms. The number of aliphatic hydroxyl groups is 1. The van der Waals surface area contributed by atoms with E-state index in [1.807, 2.05) is 13.8 Å². The third kappa shape index (κ3) is 6.73. The summed E-state index contributed by atoms with van der Waals surface area (Å²) in [5.74, 6) is -5.04. The molecule has 0 radical (unpaired) electrons. The molecule has 216 valence electrons. The maximum Gasteiger partial charge on any atom is 0.407 e. The topological polar surface area (TPSA) is 137 Å². The molecule has 2 aliphatic carbocycles. The van der Waals surface area contributed by atoms with Crippen LogP contribution < -0.4 is 16.0 Å². The van der Waals surface area contributed by atoms with E-state index in [9.17, 15) is 33.1 Å². The average molecular weight is 545 g/mol. The zero-order chi connectivity index (χ0) is 28.8. The molecule has 0 aromatic carbocycles. The smallest absolute Gasteiger partial charge is 0.407 e. The Balaban J connectivity index is 1.83. The lowest BCUT2D eigenvalue weighted by atomic mass is 9.85. The van der Waals surface area contributed by atoms with Crippen LogP contribution in [-0.4, -0.2) is 83.7 Å². The number of hydrogen-bond donors (Lipinski definition) is 4. The molecule has 6 atom stereocenters. The first kappa shape index (κ1) is 30.0. The number of fused-ring (bicyclic) bond motifs is 1. The van der Waals surface area contributed by atoms with E-state index in [1.54, 1.807) is 20.8 Å². The summed E-state index contributed by atoms with van der Waals surface area (Å²) in [5, 5.41) is 18.5. The molecule has 1 aliphatic heterocycles. The van der Waals surface area contributed by atoms with Crippen molar-refractivity contribution >= 4 is 23.8 Å². The Hall–Kier alpha value is -2.50. The Kier molecular flexibility index (Phi) is 8.36. The molecular weight excluding hydrogens is 502 g/mol. The van der Waals surface area contributed by atoms with E-state index in [1.165, 1.54) is 12.0 Å². The van der Waals surface area contributed by atoms with Gasteiger partial charge in [0.1, 0.15) is 12.1 Å². The van der Waals surface area contributed by atoms with Crippen molar-refractivity contribution in [3.8, 4) is 0 Å². The van der Waals surface area contributed by atoms with Gasteiger partial charge in [-0.2, -0.15) is 0 Å². The van der Waals surface area contributed by atoms with Crippen molar-refractivity contribution in [1.82, 2.24) is 20.9 Å². The number of carbonyl (C=O) groups is 4. The lowest BCUT2D eigenvalue weighted by Crippen LogP contribution is -2.61. The van der Waals surface area contributed by atoms with E-state index in [-0.39, 0.29) is 36.3 Å². The number of carbonyl (C=O) groups excluding carboxylic acids is 4. The number of alkyl carbamates (subject to hydrolysis) is 1. The molecule has 1 unspecified atom stereocenters. The van der Waals surface area contributed by atoms with Gasteiger partial charge in [0.15, 0.2) is 6.10 Å². The molecule has 4 amide bonds. The van der Waals surface area contributed by atoms with Crippen molar-refractivity contribution < 1.29 is 37.8 Å². The first-order valence-corrected chi connectivity index (χ1v) is 13.2. The Morgan fingerprint density at radius 1 is 1.11 bits per heavy atom. The number of alkyl halides is 2. The van der Waals surface area contributed by atoms with Crippen LogP contribution in [0.5, 0.6) is 0 Å². The van der Waals surface area contributed by atoms with Gasteiger partial charge in [0.05, 0.1) is 13.2 Å². The molecule has 4 N–H and O–H groups in total. The number of nitrogens with zero attached hydrogens (tertiary/aromatic N) is 1. The quantitative estimate of drug-likeness (QED) is 0.331. The van der Waals surface area contributed by atoms with Crippen molar-refractivity contribution in [2.45, 2.75) is 103 Å². The molecule has 0 bridgehead atoms. The van der Waals surface area contributed by atoms with E-state index >= 15 is 0 Å². The van der Waals surface area contributed by atoms with Crippen LogP contribution in [-0.2, 0) is 19.1 Å². The molecule has 3 fully saturated rings. The highest BCUT2D eigenvalue weighted by Crippen LogP contribution is 2.65. The minimum atomic E-state index is -3.06. The fourth-order valence-corrected chi connectivity index (χ4v) is 5.49. The number of piperidine rings is 1. The van der Waals surface area contributed by atoms with Crippen LogP contribution in [0.15, 0.2) is 0 Å². The van der Waals surface area contributed by atoms with Crippen molar-refractivity contribution in [3.63, 3.8) is 0 Å². The number of halogens is 2. The van der Waals surface area contributed by atoms with Gasteiger partial charge in [-0.05, 0) is 48.9 Å². The number of hydrogen-bond acceptors (Lipinski definition) is 6. The predicted molar refractivity (Wildman–Crippen MR) is 134 cm³/mol. The number of rotatable bonds is 10. The van der Waals surface area contributed by atoms with Crippen LogP contribution in [0.1, 0.15) is 67.2 Å². The first-order chi connectivity index (χ1) is 17.4. The SMILES string of the molecule is COC(=O)N[C@H](C(=O)N1C[C@H]2[C@@H]([C@H]1C(=O)N[C@@H](CCC(C)(F)F)C(O)C(=O)NC1CC1)C2(C)C)C(C)(C)C. The van der Waals surface area contributed by atoms with E-state index in [2.05, 4.69) is 20.7 Å². The van der Waals surface area contributed by atoms with Crippen molar-refractivity contribution in [2.75, 3.05) is 13.7 Å². The molecule has 0 aromatic rings. The largest absolute Gasteiger partial charge is 0.453 e. The summed E-state index contributed by atoms with van der Waals surface area (Å²) >= 11 is 0. The summed E-state index contributed by atoms with van der Waals surface area (Å²) in [4.78, 5) is 53.3. The molecule has 2 saturated carbocycles. The second-order valence-corrected chi connectivity index (χ2v) is 12.8. The number of likely N-dealkylation sites (tertiary alicyclic amines) is 1. The molecule has 1 saturated heterocycles. The van der Waals surface area contributed by atoms with Crippen LogP contribution >= 0.6 is 0 Å². The highest BCUT2D eigenvalue weighted by atomic mass is 19.3. The molecule has 0 spiro atoms. The Bertz CT molecular complexity index is 943. The molecule has 12 heteroatoms. The summed E-state index contributed by atoms with van der Waals surface area (Å²) < 4.78 is 32.1. The van der Waals surface area contributed by atoms with Gasteiger partial charge in [0, 0.05) is 19.0 Å². The van der Waals surface area contributed by atoms with Crippen molar-refractivity contribution in [3.05, 3.63) is 0 Å². The van der Waals surface area contributed by atoms with E-state index < -0.39 is 65.8 Å². The molecule has 10 nitrogen and oxygen atoms in total. The Labute approximate surface area is 222 Å². The van der Waals surface area contributed by atoms with Gasteiger partial charge in [0.2, 0.25) is 17.7 Å². The highest BCUT2D eigenvalue weighted by Gasteiger charge is 2.70. The lowest BCUT2D eigenvalue weighted by molar-refractivity contribution is -0.145. The van der Waals surface area contributed by atoms with Gasteiger partial charge in [-0.3, -0.25) is 14.4 Å². The first-order valence-electron chi connectivity index (χ1n) is 13.2. The van der Waals surface area contributed by atoms with Crippen molar-refractivity contribution in [2.24, 2.45) is 22.7 Å². The second-order valence-electron chi connectivity index (χ2n) is 12.8. The third-order valence-corrected chi connectivity index (χ3v) is 8.12. The summed E-state index contributed by atoms with van der Waals surface area (Å²) in [6, 6.07) is -3.27. The summed E-state index contributed by atoms with van der Waals surface area (Å²) in [5.41, 5.74) is -0.944. The normalized spacial score (nSPS) is 26.5. The average Bonchev–Trinajstić information content (AvgIpc) is 3.64. The van der Waals surface area contributed by atoms with E-state index in [0.717, 1.165) is 19.8 Å². The summed E-state index contributed by atoms with van der Waals surface area (Å²) in [6.45, 7) is 10.3. The standard InChI is InChI=1S/C26H42F2N4O6/c1-24(2,3)19(31-23(37)38-7)22(36)32-12-14-16(25(14,4)5)17(32)20(34)30-15(10-11-26(6,27)28)18(33)21(35)29-13-8-9-13/h13-19,33H,8-12H2,1-7H3,(H,29,35)(H,30,34)(H,31,37)/t14-,15-,16-,17-,18?,19+/m0/s1. The van der Waals surface area contributed by atoms with Gasteiger partial charge >= 0.3 is 6.09 Å². The Morgan fingerprint density at radius 2 is 1.71 bits per heavy atom. The molecule has 3 aliphatic rings. The number of amides is 4. The van der Waals surface area contributed by atoms with Crippen LogP contribution in [0.3, 0.4) is 0 Å². The maximum absolute atomic E-state index is 13.7. The fraction of sp³-hybridized carbons (Fsp3) is 0.846. The minimum absolute atomic E-state index is 0.0301. The monoisotopic (exact) mass is 544 g/mol. The zero-order valence-corrected chi connectivity index (χ0v) is 23.3. The number of aliphatic hydroxyl groups excluding tert-OH is 1. The Morgan fingerprint density at radius 3 is 2.21 bits per heavy atom. The number of methoxy groups -OCH3 is 1. The third-order valence-electron chi connectivity index (χ3n) is 8.12. The van der Waals surface area contributed by atoms with Gasteiger partial charge in [-0.1, -0.05) is 34.6 Å². The molecule has 1 heterocycles. The van der Waals surface area contributed by atoms with Gasteiger partial charge in [0.25, 0.3) is 5.91 Å². The predicted octanol–water partition coefficient (Wildman–Crippen LogP) is 1.80. The fourth-order valence-electron chi connectivity index (χ4n) is 5.49. The van der Waals surface area contributed by atoms with E-state index in [4.69, 9.17) is 0 Å². The van der Waals surface area contributed by atoms with Crippen LogP contribution in [0.25, 0.3) is 0 Å². The minimum Gasteiger partial charge on any atom is -0.453 e. The lowest BCUT2D eigenvalue weighted by Gasteiger charge is -2.38. The van der Waals surface area contributed by atoms with E-state index in [0.29, 0.717) is 0 Å². The highest BCUT2D eigenvalue weighted by molar-refractivity contribution is 5.94. The van der Waals surface area contributed by atoms with Crippen LogP contribution in [0.2, 0.25) is 0 Å². The number of ether oxygens (including phenoxy) is 1. The zero-order valence-electron chi connectivity index (χ0n) is 23.3. The summed E-state index contributed by atoms with van der Waals surface area (Å²) in [7, 11) is 1.19. The summed E-state index contributed by atoms with van der Waals surface area (Å²) in [6.07, 6.45) is -1.94. The van der Waals surface area contributed by atoms with Gasteiger partial charge in [-0.25, -0.2) is 13.6 Å². The molecular formula is C26H42F2N4O6. The van der Waals surface area contributed by atoms with Crippen LogP contribution in [0, 0.1) is 22.7 Å². The van der Waals surface area contributed by atoms with Gasteiger partial charge in [-0.15, -0.1) is 0 Å². The molecule has 3 rings (SSSR count). The number of nitrogens with one attached hydrogen (secondary N) is 3.